The predicted molar refractivity (Wildman–Crippen MR) is 53.9 cm³/mol. The smallest absolute Gasteiger partial charge is 0.196 e. The highest BCUT2D eigenvalue weighted by Gasteiger charge is 2.47. The van der Waals surface area contributed by atoms with Gasteiger partial charge in [-0.05, 0) is 11.7 Å². The van der Waals surface area contributed by atoms with Crippen molar-refractivity contribution in [1.82, 2.24) is 10.2 Å². The van der Waals surface area contributed by atoms with E-state index in [2.05, 4.69) is 5.59 Å². The number of nitrogens with zero attached hydrogens (tertiary/aromatic N) is 1. The molecule has 14 heavy (non-hydrogen) atoms. The van der Waals surface area contributed by atoms with E-state index in [1.165, 1.54) is 0 Å². The zero-order chi connectivity index (χ0) is 10.2. The Morgan fingerprint density at radius 3 is 2.71 bits per heavy atom. The maximum Gasteiger partial charge on any atom is 0.196 e. The van der Waals surface area contributed by atoms with Crippen molar-refractivity contribution in [3.63, 3.8) is 0 Å². The quantitative estimate of drug-likeness (QED) is 0.285. The Labute approximate surface area is 82.2 Å². The number of methoxy groups -OCH3 is 1. The number of benzene rings is 1. The molecule has 0 amide bonds. The lowest BCUT2D eigenvalue weighted by atomic mass is 10.2. The number of hydrogen-bond acceptors (Lipinski definition) is 4. The second-order valence-electron chi connectivity index (χ2n) is 3.45. The normalized spacial score (nSPS) is 17.9. The SMILES string of the molecule is COc1cc(N)ccc1[N+]1(NO)CC1. The topological polar surface area (TPSA) is 67.5 Å². The Hall–Kier alpha value is -1.30. The van der Waals surface area contributed by atoms with Gasteiger partial charge in [0.1, 0.15) is 0 Å². The second kappa shape index (κ2) is 3.13. The highest BCUT2D eigenvalue weighted by Crippen LogP contribution is 2.38. The second-order valence-corrected chi connectivity index (χ2v) is 3.45. The summed E-state index contributed by atoms with van der Waals surface area (Å²) in [6.45, 7) is 1.72. The van der Waals surface area contributed by atoms with Crippen LogP contribution in [0.2, 0.25) is 0 Å². The lowest BCUT2D eigenvalue weighted by Gasteiger charge is -2.16. The van der Waals surface area contributed by atoms with Crippen molar-refractivity contribution >= 4 is 11.4 Å². The van der Waals surface area contributed by atoms with Crippen LogP contribution < -0.4 is 20.7 Å². The fourth-order valence-electron chi connectivity index (χ4n) is 1.54. The third-order valence-electron chi connectivity index (χ3n) is 2.53. The lowest BCUT2D eigenvalue weighted by Crippen LogP contribution is -2.39. The van der Waals surface area contributed by atoms with Gasteiger partial charge in [-0.15, -0.1) is 0 Å². The van der Waals surface area contributed by atoms with Gasteiger partial charge in [-0.25, -0.2) is 0 Å². The summed E-state index contributed by atoms with van der Waals surface area (Å²) < 4.78 is 5.56. The van der Waals surface area contributed by atoms with E-state index in [-0.39, 0.29) is 0 Å². The number of nitrogens with two attached hydrogens (primary N) is 1. The molecule has 0 saturated carbocycles. The molecule has 0 aliphatic carbocycles. The highest BCUT2D eigenvalue weighted by molar-refractivity contribution is 5.63. The van der Waals surface area contributed by atoms with Gasteiger partial charge in [0.05, 0.1) is 7.11 Å². The number of ether oxygens (including phenoxy) is 1. The molecule has 1 aliphatic rings. The van der Waals surface area contributed by atoms with Gasteiger partial charge in [-0.1, -0.05) is 0 Å². The maximum absolute atomic E-state index is 9.03. The van der Waals surface area contributed by atoms with Gasteiger partial charge in [-0.2, -0.15) is 4.59 Å². The van der Waals surface area contributed by atoms with E-state index in [1.807, 2.05) is 6.07 Å². The molecule has 0 spiro atoms. The first kappa shape index (κ1) is 9.26. The Bertz CT molecular complexity index is 350. The van der Waals surface area contributed by atoms with E-state index in [1.54, 1.807) is 19.2 Å². The molecule has 1 aromatic carbocycles. The van der Waals surface area contributed by atoms with E-state index in [0.29, 0.717) is 16.0 Å². The number of anilines is 1. The first-order valence-corrected chi connectivity index (χ1v) is 4.44. The zero-order valence-corrected chi connectivity index (χ0v) is 8.03. The molecule has 1 fully saturated rings. The summed E-state index contributed by atoms with van der Waals surface area (Å²) in [6.07, 6.45) is 0. The molecule has 0 unspecified atom stereocenters. The summed E-state index contributed by atoms with van der Waals surface area (Å²) in [6, 6.07) is 5.42. The number of hydrogen-bond donors (Lipinski definition) is 3. The number of nitrogen functional groups attached to an aromatic ring is 1. The van der Waals surface area contributed by atoms with Crippen molar-refractivity contribution in [1.29, 1.82) is 0 Å². The molecule has 0 atom stereocenters. The van der Waals surface area contributed by atoms with Crippen LogP contribution in [-0.2, 0) is 0 Å². The van der Waals surface area contributed by atoms with Crippen LogP contribution in [0.25, 0.3) is 0 Å². The van der Waals surface area contributed by atoms with Crippen LogP contribution in [0, 0.1) is 0 Å². The largest absolute Gasteiger partial charge is 0.491 e. The summed E-state index contributed by atoms with van der Waals surface area (Å²) in [5.74, 6) is 0.698. The maximum atomic E-state index is 9.03. The Morgan fingerprint density at radius 1 is 1.50 bits per heavy atom. The third kappa shape index (κ3) is 1.31. The van der Waals surface area contributed by atoms with Gasteiger partial charge in [-0.3, -0.25) is 5.21 Å². The molecule has 1 aliphatic heterocycles. The summed E-state index contributed by atoms with van der Waals surface area (Å²) in [4.78, 5) is 0. The Morgan fingerprint density at radius 2 is 2.21 bits per heavy atom. The van der Waals surface area contributed by atoms with Crippen LogP contribution in [0.5, 0.6) is 5.75 Å². The molecular formula is C9H14N3O2+. The number of rotatable bonds is 3. The van der Waals surface area contributed by atoms with Crippen LogP contribution in [0.15, 0.2) is 18.2 Å². The van der Waals surface area contributed by atoms with Crippen molar-refractivity contribution in [2.45, 2.75) is 0 Å². The molecule has 0 bridgehead atoms. The molecule has 76 valence electrons. The van der Waals surface area contributed by atoms with Gasteiger partial charge in [0.2, 0.25) is 0 Å². The standard InChI is InChI=1S/C9H14N3O2/c1-14-9-6-7(10)2-3-8(9)12(11-13)4-5-12/h2-3,6,11,13H,4-5,10H2,1H3/q+1. The van der Waals surface area contributed by atoms with E-state index in [9.17, 15) is 0 Å². The van der Waals surface area contributed by atoms with Crippen LogP contribution in [-0.4, -0.2) is 25.4 Å². The van der Waals surface area contributed by atoms with Crippen molar-refractivity contribution in [2.75, 3.05) is 25.9 Å². The molecule has 5 nitrogen and oxygen atoms in total. The summed E-state index contributed by atoms with van der Waals surface area (Å²) >= 11 is 0. The molecule has 4 N–H and O–H groups in total. The molecule has 2 rings (SSSR count). The van der Waals surface area contributed by atoms with Crippen LogP contribution in [0.1, 0.15) is 0 Å². The highest BCUT2D eigenvalue weighted by atomic mass is 16.5. The average Bonchev–Trinajstić information content (AvgIpc) is 2.98. The van der Waals surface area contributed by atoms with E-state index < -0.39 is 0 Å². The number of nitrogens with one attached hydrogen (secondary N) is 1. The first-order chi connectivity index (χ1) is 6.72. The molecule has 0 aromatic heterocycles. The van der Waals surface area contributed by atoms with E-state index >= 15 is 0 Å². The summed E-state index contributed by atoms with van der Waals surface area (Å²) in [7, 11) is 1.59. The van der Waals surface area contributed by atoms with Crippen molar-refractivity contribution in [3.05, 3.63) is 18.2 Å². The van der Waals surface area contributed by atoms with Gasteiger partial charge in [0.15, 0.2) is 24.5 Å². The minimum atomic E-state index is 0.351. The van der Waals surface area contributed by atoms with E-state index in [4.69, 9.17) is 15.7 Å². The Kier molecular flexibility index (Phi) is 2.07. The van der Waals surface area contributed by atoms with Crippen LogP contribution >= 0.6 is 0 Å². The fourth-order valence-corrected chi connectivity index (χ4v) is 1.54. The lowest BCUT2D eigenvalue weighted by molar-refractivity contribution is 0.0609. The monoisotopic (exact) mass is 196 g/mol. The van der Waals surface area contributed by atoms with Crippen molar-refractivity contribution in [2.24, 2.45) is 0 Å². The molecule has 1 heterocycles. The molecule has 0 radical (unpaired) electrons. The molecule has 5 heteroatoms. The van der Waals surface area contributed by atoms with Gasteiger partial charge in [0.25, 0.3) is 0 Å². The fraction of sp³-hybridized carbons (Fsp3) is 0.333. The zero-order valence-electron chi connectivity index (χ0n) is 8.03. The molecule has 1 aromatic rings. The van der Waals surface area contributed by atoms with E-state index in [0.717, 1.165) is 18.8 Å². The summed E-state index contributed by atoms with van der Waals surface area (Å²) in [5.41, 5.74) is 9.48. The molecule has 1 saturated heterocycles. The Balaban J connectivity index is 2.42. The molecular weight excluding hydrogens is 182 g/mol. The van der Waals surface area contributed by atoms with Crippen molar-refractivity contribution < 1.29 is 9.94 Å². The first-order valence-electron chi connectivity index (χ1n) is 4.44. The minimum absolute atomic E-state index is 0.351. The summed E-state index contributed by atoms with van der Waals surface area (Å²) in [5, 5.41) is 9.03. The van der Waals surface area contributed by atoms with Crippen LogP contribution in [0.3, 0.4) is 0 Å². The minimum Gasteiger partial charge on any atom is -0.491 e. The predicted octanol–water partition coefficient (Wildman–Crippen LogP) is 0.492. The van der Waals surface area contributed by atoms with Crippen molar-refractivity contribution in [3.8, 4) is 5.75 Å². The number of quaternary nitrogens is 1. The van der Waals surface area contributed by atoms with Gasteiger partial charge < -0.3 is 10.5 Å². The van der Waals surface area contributed by atoms with Crippen LogP contribution in [0.4, 0.5) is 11.4 Å². The average molecular weight is 196 g/mol. The van der Waals surface area contributed by atoms with Gasteiger partial charge in [0, 0.05) is 17.8 Å². The van der Waals surface area contributed by atoms with Gasteiger partial charge >= 0.3 is 0 Å². The third-order valence-corrected chi connectivity index (χ3v) is 2.53.